The van der Waals surface area contributed by atoms with Crippen molar-refractivity contribution in [2.75, 3.05) is 39.6 Å². The summed E-state index contributed by atoms with van der Waals surface area (Å²) in [7, 11) is 0. The molecular weight excluding hydrogens is 881 g/mol. The molecule has 2 atom stereocenters. The van der Waals surface area contributed by atoms with Crippen LogP contribution in [-0.2, 0) is 38.0 Å². The van der Waals surface area contributed by atoms with Gasteiger partial charge in [-0.05, 0) is 123 Å². The number of ether oxygens (including phenoxy) is 10. The second-order valence-electron chi connectivity index (χ2n) is 15.1. The fourth-order valence-electron chi connectivity index (χ4n) is 6.35. The maximum Gasteiger partial charge on any atom is 0.343 e. The van der Waals surface area contributed by atoms with E-state index in [1.165, 1.54) is 48.5 Å². The molecule has 2 unspecified atom stereocenters. The van der Waals surface area contributed by atoms with Gasteiger partial charge in [0.2, 0.25) is 0 Å². The summed E-state index contributed by atoms with van der Waals surface area (Å²) in [6.45, 7) is 8.69. The Balaban J connectivity index is 0.985. The first-order valence-electron chi connectivity index (χ1n) is 22.5. The van der Waals surface area contributed by atoms with E-state index in [4.69, 9.17) is 47.4 Å². The molecule has 0 aliphatic carbocycles. The second kappa shape index (κ2) is 28.7. The van der Waals surface area contributed by atoms with Gasteiger partial charge in [0.15, 0.2) is 0 Å². The molecule has 1 saturated heterocycles. The third-order valence-electron chi connectivity index (χ3n) is 10.0. The highest BCUT2D eigenvalue weighted by atomic mass is 16.8. The van der Waals surface area contributed by atoms with Crippen LogP contribution in [0.5, 0.6) is 23.0 Å². The second-order valence-corrected chi connectivity index (χ2v) is 15.1. The first-order valence-corrected chi connectivity index (χ1v) is 22.5. The fourth-order valence-corrected chi connectivity index (χ4v) is 6.35. The molecule has 16 nitrogen and oxygen atoms in total. The third-order valence-corrected chi connectivity index (χ3v) is 10.0. The van der Waals surface area contributed by atoms with Gasteiger partial charge in [-0.15, -0.1) is 0 Å². The van der Waals surface area contributed by atoms with Gasteiger partial charge in [-0.1, -0.05) is 51.7 Å². The maximum absolute atomic E-state index is 13.1. The molecule has 1 aliphatic rings. The summed E-state index contributed by atoms with van der Waals surface area (Å²) in [5.74, 6) is -2.03. The van der Waals surface area contributed by atoms with Gasteiger partial charge in [0.1, 0.15) is 23.0 Å². The topological polar surface area (TPSA) is 195 Å². The van der Waals surface area contributed by atoms with Crippen molar-refractivity contribution >= 4 is 35.8 Å². The van der Waals surface area contributed by atoms with Crippen molar-refractivity contribution in [3.8, 4) is 23.0 Å². The maximum atomic E-state index is 13.1. The van der Waals surface area contributed by atoms with Crippen LogP contribution in [0.1, 0.15) is 106 Å². The highest BCUT2D eigenvalue weighted by Gasteiger charge is 2.34. The molecular formula is C52H56O16. The van der Waals surface area contributed by atoms with Gasteiger partial charge in [0, 0.05) is 12.2 Å². The SMILES string of the molecule is C=CC(=O)OCCCCCCCOc1ccc(C(=O)Oc2ccc(C(=O)OC3OCCOC3OC(=O)c3ccc(OC(=O)c4ccc(OCCCCCCCOC(=O)C=C)cc4)cc3)cc2)cc1. The molecule has 0 radical (unpaired) electrons. The highest BCUT2D eigenvalue weighted by Crippen LogP contribution is 2.23. The molecule has 1 fully saturated rings. The van der Waals surface area contributed by atoms with Crippen LogP contribution >= 0.6 is 0 Å². The van der Waals surface area contributed by atoms with E-state index in [0.29, 0.717) is 49.1 Å². The third kappa shape index (κ3) is 18.2. The number of carbonyl (C=O) groups is 6. The van der Waals surface area contributed by atoms with Crippen molar-refractivity contribution in [2.45, 2.75) is 76.8 Å². The van der Waals surface area contributed by atoms with Crippen molar-refractivity contribution < 1.29 is 76.1 Å². The molecule has 68 heavy (non-hydrogen) atoms. The van der Waals surface area contributed by atoms with E-state index >= 15 is 0 Å². The first kappa shape index (κ1) is 51.7. The smallest absolute Gasteiger partial charge is 0.343 e. The minimum atomic E-state index is -1.38. The Bertz CT molecular complexity index is 2090. The first-order chi connectivity index (χ1) is 33.1. The number of hydrogen-bond donors (Lipinski definition) is 0. The molecule has 16 heteroatoms. The number of benzene rings is 4. The molecule has 0 aromatic heterocycles. The summed E-state index contributed by atoms with van der Waals surface area (Å²) in [6.07, 6.45) is 8.66. The van der Waals surface area contributed by atoms with Crippen molar-refractivity contribution in [3.63, 3.8) is 0 Å². The lowest BCUT2D eigenvalue weighted by atomic mass is 10.1. The molecule has 0 bridgehead atoms. The van der Waals surface area contributed by atoms with Crippen LogP contribution in [0.4, 0.5) is 0 Å². The van der Waals surface area contributed by atoms with Crippen molar-refractivity contribution in [3.05, 3.63) is 145 Å². The number of rotatable bonds is 28. The molecule has 0 saturated carbocycles. The number of hydrogen-bond acceptors (Lipinski definition) is 16. The van der Waals surface area contributed by atoms with E-state index in [0.717, 1.165) is 76.4 Å². The predicted octanol–water partition coefficient (Wildman–Crippen LogP) is 8.95. The highest BCUT2D eigenvalue weighted by molar-refractivity contribution is 5.93. The molecule has 0 N–H and O–H groups in total. The van der Waals surface area contributed by atoms with E-state index in [1.807, 2.05) is 0 Å². The summed E-state index contributed by atoms with van der Waals surface area (Å²) >= 11 is 0. The lowest BCUT2D eigenvalue weighted by Gasteiger charge is -2.30. The Morgan fingerprint density at radius 3 is 1.04 bits per heavy atom. The van der Waals surface area contributed by atoms with Gasteiger partial charge in [0.05, 0.1) is 61.9 Å². The number of esters is 6. The lowest BCUT2D eigenvalue weighted by molar-refractivity contribution is -0.288. The van der Waals surface area contributed by atoms with Crippen molar-refractivity contribution in [1.82, 2.24) is 0 Å². The minimum Gasteiger partial charge on any atom is -0.494 e. The summed E-state index contributed by atoms with van der Waals surface area (Å²) in [6, 6.07) is 24.5. The average molecular weight is 937 g/mol. The Morgan fingerprint density at radius 1 is 0.412 bits per heavy atom. The molecule has 0 amide bonds. The Labute approximate surface area is 395 Å². The van der Waals surface area contributed by atoms with Crippen LogP contribution in [0.3, 0.4) is 0 Å². The van der Waals surface area contributed by atoms with E-state index in [-0.39, 0.29) is 35.8 Å². The zero-order chi connectivity index (χ0) is 48.4. The molecule has 4 aromatic rings. The van der Waals surface area contributed by atoms with E-state index < -0.39 is 48.4 Å². The summed E-state index contributed by atoms with van der Waals surface area (Å²) in [5, 5.41) is 0. The number of unbranched alkanes of at least 4 members (excludes halogenated alkanes) is 8. The van der Waals surface area contributed by atoms with E-state index in [1.54, 1.807) is 48.5 Å². The largest absolute Gasteiger partial charge is 0.494 e. The van der Waals surface area contributed by atoms with Crippen molar-refractivity contribution in [2.24, 2.45) is 0 Å². The molecule has 1 heterocycles. The van der Waals surface area contributed by atoms with E-state index in [9.17, 15) is 28.8 Å². The van der Waals surface area contributed by atoms with Gasteiger partial charge in [-0.2, -0.15) is 0 Å². The van der Waals surface area contributed by atoms with Crippen molar-refractivity contribution in [1.29, 1.82) is 0 Å². The zero-order valence-corrected chi connectivity index (χ0v) is 37.8. The summed E-state index contributed by atoms with van der Waals surface area (Å²) in [5.41, 5.74) is 0.818. The summed E-state index contributed by atoms with van der Waals surface area (Å²) < 4.78 is 54.5. The molecule has 1 aliphatic heterocycles. The van der Waals surface area contributed by atoms with Crippen LogP contribution in [0, 0.1) is 0 Å². The standard InChI is InChI=1S/C52H56O16/c1-3-45(53)61-33-13-9-5-7-11-31-59-41-23-15-37(16-24-41)47(55)65-43-27-19-39(20-28-43)49(57)67-51-52(64-36-35-63-51)68-50(58)40-21-29-44(30-22-40)66-48(56)38-17-25-42(26-18-38)60-32-12-8-6-10-14-34-62-46(54)4-2/h3-4,15-30,51-52H,1-2,5-14,31-36H2. The fraction of sp³-hybridized carbons (Fsp3) is 0.346. The Morgan fingerprint density at radius 2 is 0.706 bits per heavy atom. The van der Waals surface area contributed by atoms with Crippen LogP contribution in [0.15, 0.2) is 122 Å². The van der Waals surface area contributed by atoms with Crippen LogP contribution in [-0.4, -0.2) is 88.0 Å². The van der Waals surface area contributed by atoms with Crippen LogP contribution in [0.2, 0.25) is 0 Å². The predicted molar refractivity (Wildman–Crippen MR) is 245 cm³/mol. The monoisotopic (exact) mass is 936 g/mol. The molecule has 360 valence electrons. The minimum absolute atomic E-state index is 0.0727. The molecule has 0 spiro atoms. The number of carbonyl (C=O) groups excluding carboxylic acids is 6. The van der Waals surface area contributed by atoms with E-state index in [2.05, 4.69) is 13.2 Å². The van der Waals surface area contributed by atoms with Gasteiger partial charge in [0.25, 0.3) is 12.6 Å². The van der Waals surface area contributed by atoms with Crippen LogP contribution in [0.25, 0.3) is 0 Å². The average Bonchev–Trinajstić information content (AvgIpc) is 3.36. The quantitative estimate of drug-likeness (QED) is 0.0172. The zero-order valence-electron chi connectivity index (χ0n) is 37.8. The normalized spacial score (nSPS) is 14.1. The Kier molecular flexibility index (Phi) is 21.8. The van der Waals surface area contributed by atoms with Gasteiger partial charge >= 0.3 is 35.8 Å². The summed E-state index contributed by atoms with van der Waals surface area (Å²) in [4.78, 5) is 73.8. The van der Waals surface area contributed by atoms with Gasteiger partial charge < -0.3 is 47.4 Å². The Hall–Kier alpha value is -7.30. The van der Waals surface area contributed by atoms with Gasteiger partial charge in [-0.25, -0.2) is 28.8 Å². The lowest BCUT2D eigenvalue weighted by Crippen LogP contribution is -2.44. The molecule has 5 rings (SSSR count). The van der Waals surface area contributed by atoms with Gasteiger partial charge in [-0.3, -0.25) is 0 Å². The molecule has 4 aromatic carbocycles. The van der Waals surface area contributed by atoms with Crippen LogP contribution < -0.4 is 18.9 Å².